The molecular weight excluding hydrogens is 1060 g/mol. The van der Waals surface area contributed by atoms with Crippen LogP contribution in [0.5, 0.6) is 0 Å². The minimum absolute atomic E-state index is 0.00191. The van der Waals surface area contributed by atoms with Gasteiger partial charge in [0.05, 0.1) is 39.1 Å². The molecule has 0 saturated carbocycles. The number of allylic oxidation sites excluding steroid dienone is 4. The molecule has 0 aliphatic carbocycles. The summed E-state index contributed by atoms with van der Waals surface area (Å²) < 4.78 is 14.0. The Labute approximate surface area is 503 Å². The zero-order valence-electron chi connectivity index (χ0n) is 50.7. The molecule has 0 saturated heterocycles. The van der Waals surface area contributed by atoms with Crippen molar-refractivity contribution in [1.82, 2.24) is 0 Å². The van der Waals surface area contributed by atoms with Gasteiger partial charge in [-0.05, 0) is 177 Å². The van der Waals surface area contributed by atoms with Crippen molar-refractivity contribution < 1.29 is 14.0 Å². The number of hydrogen-bond donors (Lipinski definition) is 0. The summed E-state index contributed by atoms with van der Waals surface area (Å²) in [7, 11) is 0. The van der Waals surface area contributed by atoms with Crippen LogP contribution in [-0.4, -0.2) is 34.0 Å². The highest BCUT2D eigenvalue weighted by atomic mass is 35.5. The zero-order valence-corrected chi connectivity index (χ0v) is 51.5. The first-order valence-electron chi connectivity index (χ1n) is 29.0. The third kappa shape index (κ3) is 13.0. The molecule has 0 bridgehead atoms. The van der Waals surface area contributed by atoms with Crippen LogP contribution < -0.4 is 19.6 Å². The van der Waals surface area contributed by atoms with E-state index < -0.39 is 11.4 Å². The Kier molecular flexibility index (Phi) is 17.7. The first-order valence-corrected chi connectivity index (χ1v) is 29.3. The largest absolute Gasteiger partial charge is 0.358 e. The van der Waals surface area contributed by atoms with Crippen LogP contribution in [0.15, 0.2) is 231 Å². The van der Waals surface area contributed by atoms with E-state index in [1.165, 1.54) is 62.5 Å². The van der Waals surface area contributed by atoms with Crippen LogP contribution in [0.3, 0.4) is 0 Å². The third-order valence-corrected chi connectivity index (χ3v) is 16.4. The van der Waals surface area contributed by atoms with E-state index >= 15 is 0 Å². The van der Waals surface area contributed by atoms with Crippen molar-refractivity contribution in [2.75, 3.05) is 19.6 Å². The molecule has 0 aromatic heterocycles. The van der Waals surface area contributed by atoms with Crippen LogP contribution in [0.25, 0.3) is 22.3 Å². The number of fused-ring (bicyclic) bond motifs is 4. The van der Waals surface area contributed by atoms with E-state index in [1.807, 2.05) is 117 Å². The molecule has 4 aliphatic heterocycles. The lowest BCUT2D eigenvalue weighted by Crippen LogP contribution is -2.49. The topological polar surface area (TPSA) is 47.1 Å². The molecule has 0 unspecified atom stereocenters. The Morgan fingerprint density at radius 1 is 0.369 bits per heavy atom. The lowest BCUT2D eigenvalue weighted by Gasteiger charge is -2.43. The minimum Gasteiger partial charge on any atom is -0.358 e. The second-order valence-electron chi connectivity index (χ2n) is 24.4. The first-order chi connectivity index (χ1) is 40.0. The summed E-state index contributed by atoms with van der Waals surface area (Å²) in [5, 5.41) is 0.785. The van der Waals surface area contributed by atoms with Gasteiger partial charge in [0.2, 0.25) is 0 Å². The fraction of sp³-hybridized carbons (Fsp3) is 0.237. The Bertz CT molecular complexity index is 3820. The second kappa shape index (κ2) is 24.7. The monoisotopic (exact) mass is 1130 g/mol. The highest BCUT2D eigenvalue weighted by Gasteiger charge is 2.38. The van der Waals surface area contributed by atoms with E-state index in [0.717, 1.165) is 46.2 Å². The summed E-state index contributed by atoms with van der Waals surface area (Å²) in [6, 6.07) is 67.6. The Morgan fingerprint density at radius 3 is 1.12 bits per heavy atom. The van der Waals surface area contributed by atoms with E-state index in [2.05, 4.69) is 187 Å². The van der Waals surface area contributed by atoms with Gasteiger partial charge in [-0.3, -0.25) is 19.4 Å². The van der Waals surface area contributed by atoms with E-state index in [-0.39, 0.29) is 34.0 Å². The molecule has 0 spiro atoms. The van der Waals surface area contributed by atoms with Gasteiger partial charge in [0, 0.05) is 57.3 Å². The van der Waals surface area contributed by atoms with Gasteiger partial charge in [-0.25, -0.2) is 4.39 Å². The molecule has 8 heteroatoms. The molecule has 0 N–H and O–H groups in total. The van der Waals surface area contributed by atoms with Crippen LogP contribution >= 0.6 is 11.6 Å². The standard InChI is InChI=1S/C19H20ClN.C19H18FNO.C19H19NO.C19H21N/c1-14-12-19(2,3)21(18-7-5-4-6-17(14)18)13-15-8-10-16(20)11-9-15;1-13-12-19(2,3)21(17-11-7-5-8-14(13)17)18(22)15-9-4-6-10-16(15)20;1-14-13-19(2,3)20(17-12-8-7-11-16(14)17)18(21)15-9-5-4-6-10-15;1-15-13-19(2,3)20(14-16-9-5-4-6-10-16)18-12-8-7-11-17(15)18/h4-12H,13H2,1-3H3;4-12H,1-3H3;4-13H,1-3H3;4-13H,14H2,1-3H3. The van der Waals surface area contributed by atoms with Crippen LogP contribution in [0.4, 0.5) is 27.1 Å². The lowest BCUT2D eigenvalue weighted by atomic mass is 9.88. The lowest BCUT2D eigenvalue weighted by molar-refractivity contribution is 0.0959. The van der Waals surface area contributed by atoms with Crippen molar-refractivity contribution in [3.8, 4) is 0 Å². The van der Waals surface area contributed by atoms with Gasteiger partial charge < -0.3 is 9.80 Å². The fourth-order valence-electron chi connectivity index (χ4n) is 12.4. The normalized spacial score (nSPS) is 16.3. The predicted molar refractivity (Wildman–Crippen MR) is 353 cm³/mol. The molecule has 2 amide bonds. The maximum absolute atomic E-state index is 14.0. The predicted octanol–water partition coefficient (Wildman–Crippen LogP) is 19.6. The SMILES string of the molecule is CC1=CC(C)(C)N(C(=O)c2ccccc2)c2ccccc21.CC1=CC(C)(C)N(C(=O)c2ccccc2F)c2ccccc21.CC1=CC(C)(C)N(Cc2ccc(Cl)cc2)c2ccccc21.CC1=CC(C)(C)N(Cc2ccccc2)c2ccccc21. The van der Waals surface area contributed by atoms with Gasteiger partial charge in [0.15, 0.2) is 0 Å². The molecule has 0 fully saturated rings. The number of benzene rings is 8. The number of halogens is 2. The number of rotatable bonds is 6. The van der Waals surface area contributed by atoms with Crippen molar-refractivity contribution in [3.05, 3.63) is 286 Å². The summed E-state index contributed by atoms with van der Waals surface area (Å²) in [6.45, 7) is 27.5. The van der Waals surface area contributed by atoms with Crippen molar-refractivity contribution >= 4 is 68.5 Å². The molecule has 4 heterocycles. The maximum Gasteiger partial charge on any atom is 0.262 e. The van der Waals surface area contributed by atoms with Crippen molar-refractivity contribution in [2.45, 2.75) is 118 Å². The van der Waals surface area contributed by atoms with Gasteiger partial charge in [0.1, 0.15) is 5.82 Å². The maximum atomic E-state index is 14.0. The zero-order chi connectivity index (χ0) is 60.1. The number of nitrogens with zero attached hydrogens (tertiary/aromatic N) is 4. The van der Waals surface area contributed by atoms with Gasteiger partial charge in [-0.15, -0.1) is 0 Å². The van der Waals surface area contributed by atoms with Gasteiger partial charge in [-0.2, -0.15) is 0 Å². The van der Waals surface area contributed by atoms with Gasteiger partial charge >= 0.3 is 0 Å². The molecule has 84 heavy (non-hydrogen) atoms. The van der Waals surface area contributed by atoms with Crippen LogP contribution in [-0.2, 0) is 13.1 Å². The Hall–Kier alpha value is -8.52. The average Bonchev–Trinajstić information content (AvgIpc) is 3.66. The highest BCUT2D eigenvalue weighted by molar-refractivity contribution is 6.30. The number of amides is 2. The summed E-state index contributed by atoms with van der Waals surface area (Å²) in [5.41, 5.74) is 16.9. The Morgan fingerprint density at radius 2 is 0.690 bits per heavy atom. The van der Waals surface area contributed by atoms with E-state index in [9.17, 15) is 14.0 Å². The summed E-state index contributed by atoms with van der Waals surface area (Å²) in [6.07, 6.45) is 8.94. The number of para-hydroxylation sites is 4. The van der Waals surface area contributed by atoms with E-state index in [0.29, 0.717) is 5.56 Å². The van der Waals surface area contributed by atoms with E-state index in [1.54, 1.807) is 17.0 Å². The molecular formula is C76H78ClFN4O2. The van der Waals surface area contributed by atoms with Crippen molar-refractivity contribution in [2.24, 2.45) is 0 Å². The number of carbonyl (C=O) groups excluding carboxylic acids is 2. The van der Waals surface area contributed by atoms with Crippen LogP contribution in [0, 0.1) is 5.82 Å². The summed E-state index contributed by atoms with van der Waals surface area (Å²) in [4.78, 5) is 34.5. The molecule has 428 valence electrons. The Balaban J connectivity index is 0.000000134. The summed E-state index contributed by atoms with van der Waals surface area (Å²) in [5.74, 6) is -0.775. The quantitative estimate of drug-likeness (QED) is 0.166. The molecule has 8 aromatic carbocycles. The molecule has 8 aromatic rings. The molecule has 0 radical (unpaired) electrons. The summed E-state index contributed by atoms with van der Waals surface area (Å²) >= 11 is 5.99. The number of carbonyl (C=O) groups is 2. The second-order valence-corrected chi connectivity index (χ2v) is 24.8. The van der Waals surface area contributed by atoms with E-state index in [4.69, 9.17) is 11.6 Å². The molecule has 12 rings (SSSR count). The third-order valence-electron chi connectivity index (χ3n) is 16.2. The van der Waals surface area contributed by atoms with Crippen LogP contribution in [0.1, 0.15) is 137 Å². The first kappa shape index (κ1) is 60.1. The smallest absolute Gasteiger partial charge is 0.262 e. The van der Waals surface area contributed by atoms with Crippen LogP contribution in [0.2, 0.25) is 5.02 Å². The minimum atomic E-state index is -0.516. The number of hydrogen-bond acceptors (Lipinski definition) is 4. The van der Waals surface area contributed by atoms with Crippen molar-refractivity contribution in [3.63, 3.8) is 0 Å². The number of anilines is 4. The average molecular weight is 1130 g/mol. The molecule has 4 aliphatic rings. The molecule has 6 nitrogen and oxygen atoms in total. The van der Waals surface area contributed by atoms with Gasteiger partial charge in [0.25, 0.3) is 11.8 Å². The fourth-order valence-corrected chi connectivity index (χ4v) is 12.5. The van der Waals surface area contributed by atoms with Crippen molar-refractivity contribution in [1.29, 1.82) is 0 Å². The van der Waals surface area contributed by atoms with Gasteiger partial charge in [-0.1, -0.05) is 181 Å². The molecule has 0 atom stereocenters. The highest BCUT2D eigenvalue weighted by Crippen LogP contribution is 2.44.